The van der Waals surface area contributed by atoms with Gasteiger partial charge in [0.1, 0.15) is 6.10 Å². The minimum Gasteiger partial charge on any atom is -0.493 e. The van der Waals surface area contributed by atoms with Crippen LogP contribution in [0, 0.1) is 0 Å². The molecule has 0 aromatic heterocycles. The van der Waals surface area contributed by atoms with E-state index in [2.05, 4.69) is 15.6 Å². The Morgan fingerprint density at radius 2 is 1.92 bits per heavy atom. The molecule has 138 valence electrons. The maximum absolute atomic E-state index is 5.90. The van der Waals surface area contributed by atoms with Crippen molar-refractivity contribution in [3.8, 4) is 11.5 Å². The molecule has 1 rings (SSSR count). The van der Waals surface area contributed by atoms with E-state index in [0.29, 0.717) is 6.54 Å². The summed E-state index contributed by atoms with van der Waals surface area (Å²) in [6, 6.07) is 7.63. The van der Waals surface area contributed by atoms with Crippen LogP contribution < -0.4 is 20.1 Å². The number of guanidine groups is 1. The number of halogens is 1. The molecular weight excluding hydrogens is 421 g/mol. The molecule has 0 saturated heterocycles. The Bertz CT molecular complexity index is 472. The van der Waals surface area contributed by atoms with E-state index in [0.717, 1.165) is 43.6 Å². The van der Waals surface area contributed by atoms with Gasteiger partial charge in [0, 0.05) is 26.8 Å². The highest BCUT2D eigenvalue weighted by Gasteiger charge is 2.09. The second-order valence-electron chi connectivity index (χ2n) is 5.01. The lowest BCUT2D eigenvalue weighted by atomic mass is 10.3. The fourth-order valence-electron chi connectivity index (χ4n) is 1.96. The van der Waals surface area contributed by atoms with Crippen LogP contribution in [-0.4, -0.2) is 52.5 Å². The number of aliphatic imine (C=N–C) groups is 1. The van der Waals surface area contributed by atoms with E-state index < -0.39 is 0 Å². The van der Waals surface area contributed by atoms with Crippen molar-refractivity contribution in [3.63, 3.8) is 0 Å². The van der Waals surface area contributed by atoms with E-state index in [1.165, 1.54) is 0 Å². The van der Waals surface area contributed by atoms with Crippen molar-refractivity contribution in [2.24, 2.45) is 4.99 Å². The number of benzene rings is 1. The third-order valence-corrected chi connectivity index (χ3v) is 3.14. The molecule has 0 fully saturated rings. The molecule has 1 atom stereocenters. The van der Waals surface area contributed by atoms with Gasteiger partial charge >= 0.3 is 0 Å². The van der Waals surface area contributed by atoms with Gasteiger partial charge in [0.2, 0.25) is 0 Å². The van der Waals surface area contributed by atoms with E-state index in [4.69, 9.17) is 14.2 Å². The summed E-state index contributed by atoms with van der Waals surface area (Å²) in [5.74, 6) is 2.23. The molecule has 24 heavy (non-hydrogen) atoms. The Labute approximate surface area is 162 Å². The van der Waals surface area contributed by atoms with Crippen molar-refractivity contribution in [1.29, 1.82) is 0 Å². The molecule has 6 nitrogen and oxygen atoms in total. The quantitative estimate of drug-likeness (QED) is 0.248. The van der Waals surface area contributed by atoms with E-state index >= 15 is 0 Å². The van der Waals surface area contributed by atoms with Gasteiger partial charge in [0.05, 0.1) is 13.7 Å². The van der Waals surface area contributed by atoms with E-state index in [1.807, 2.05) is 38.1 Å². The predicted octanol–water partition coefficient (Wildman–Crippen LogP) is 2.67. The summed E-state index contributed by atoms with van der Waals surface area (Å²) >= 11 is 0. The molecule has 2 N–H and O–H groups in total. The molecule has 1 unspecified atom stereocenters. The lowest BCUT2D eigenvalue weighted by molar-refractivity contribution is 0.145. The summed E-state index contributed by atoms with van der Waals surface area (Å²) in [5, 5.41) is 6.50. The van der Waals surface area contributed by atoms with Gasteiger partial charge in [-0.2, -0.15) is 0 Å². The Kier molecular flexibility index (Phi) is 13.4. The standard InChI is InChI=1S/C17H29N3O3.HI/c1-5-22-12-8-11-19-17(18-3)20-13-14(2)23-16-10-7-6-9-15(16)21-4;/h6-7,9-10,14H,5,8,11-13H2,1-4H3,(H2,18,19,20);1H. The van der Waals surface area contributed by atoms with Crippen molar-refractivity contribution in [1.82, 2.24) is 10.6 Å². The van der Waals surface area contributed by atoms with E-state index in [1.54, 1.807) is 14.2 Å². The number of hydrogen-bond acceptors (Lipinski definition) is 4. The molecule has 0 aliphatic carbocycles. The zero-order valence-electron chi connectivity index (χ0n) is 15.0. The maximum Gasteiger partial charge on any atom is 0.191 e. The number of nitrogens with one attached hydrogen (secondary N) is 2. The van der Waals surface area contributed by atoms with Gasteiger partial charge in [-0.15, -0.1) is 24.0 Å². The summed E-state index contributed by atoms with van der Waals surface area (Å²) in [6.45, 7) is 6.97. The highest BCUT2D eigenvalue weighted by Crippen LogP contribution is 2.26. The van der Waals surface area contributed by atoms with Crippen LogP contribution in [0.15, 0.2) is 29.3 Å². The number of ether oxygens (including phenoxy) is 3. The van der Waals surface area contributed by atoms with Gasteiger partial charge in [0.25, 0.3) is 0 Å². The Morgan fingerprint density at radius 1 is 1.21 bits per heavy atom. The maximum atomic E-state index is 5.90. The van der Waals surface area contributed by atoms with Gasteiger partial charge in [-0.05, 0) is 32.4 Å². The summed E-state index contributed by atoms with van der Waals surface area (Å²) in [6.07, 6.45) is 0.926. The predicted molar refractivity (Wildman–Crippen MR) is 109 cm³/mol. The largest absolute Gasteiger partial charge is 0.493 e. The first-order valence-electron chi connectivity index (χ1n) is 8.03. The fraction of sp³-hybridized carbons (Fsp3) is 0.588. The molecule has 0 heterocycles. The highest BCUT2D eigenvalue weighted by atomic mass is 127. The fourth-order valence-corrected chi connectivity index (χ4v) is 1.96. The second-order valence-corrected chi connectivity index (χ2v) is 5.01. The first-order valence-corrected chi connectivity index (χ1v) is 8.03. The summed E-state index contributed by atoms with van der Waals surface area (Å²) in [4.78, 5) is 4.19. The average Bonchev–Trinajstić information content (AvgIpc) is 2.58. The van der Waals surface area contributed by atoms with Crippen LogP contribution in [0.1, 0.15) is 20.3 Å². The molecule has 0 saturated carbocycles. The topological polar surface area (TPSA) is 64.1 Å². The third kappa shape index (κ3) is 9.17. The number of hydrogen-bond donors (Lipinski definition) is 2. The van der Waals surface area contributed by atoms with Crippen LogP contribution in [0.5, 0.6) is 11.5 Å². The monoisotopic (exact) mass is 451 g/mol. The molecule has 7 heteroatoms. The summed E-state index contributed by atoms with van der Waals surface area (Å²) < 4.78 is 16.5. The zero-order chi connectivity index (χ0) is 16.9. The van der Waals surface area contributed by atoms with Gasteiger partial charge in [-0.3, -0.25) is 4.99 Å². The Hall–Kier alpha value is -1.22. The van der Waals surface area contributed by atoms with Gasteiger partial charge in [-0.1, -0.05) is 12.1 Å². The zero-order valence-corrected chi connectivity index (χ0v) is 17.3. The molecule has 0 amide bonds. The molecule has 1 aromatic rings. The van der Waals surface area contributed by atoms with Crippen LogP contribution >= 0.6 is 24.0 Å². The molecule has 0 aliphatic rings. The minimum atomic E-state index is -0.0201. The molecule has 1 aromatic carbocycles. The Morgan fingerprint density at radius 3 is 2.54 bits per heavy atom. The summed E-state index contributed by atoms with van der Waals surface area (Å²) in [5.41, 5.74) is 0. The first-order chi connectivity index (χ1) is 11.2. The highest BCUT2D eigenvalue weighted by molar-refractivity contribution is 14.0. The van der Waals surface area contributed by atoms with Crippen LogP contribution in [0.3, 0.4) is 0 Å². The van der Waals surface area contributed by atoms with Gasteiger partial charge < -0.3 is 24.8 Å². The molecule has 0 radical (unpaired) electrons. The van der Waals surface area contributed by atoms with Gasteiger partial charge in [0.15, 0.2) is 17.5 Å². The summed E-state index contributed by atoms with van der Waals surface area (Å²) in [7, 11) is 3.39. The number of rotatable bonds is 10. The minimum absolute atomic E-state index is 0. The van der Waals surface area contributed by atoms with Gasteiger partial charge in [-0.25, -0.2) is 0 Å². The molecule has 0 spiro atoms. The number of nitrogens with zero attached hydrogens (tertiary/aromatic N) is 1. The SMILES string of the molecule is CCOCCCNC(=NC)NCC(C)Oc1ccccc1OC.I. The van der Waals surface area contributed by atoms with E-state index in [9.17, 15) is 0 Å². The normalized spacial score (nSPS) is 12.1. The lowest BCUT2D eigenvalue weighted by Gasteiger charge is -2.19. The smallest absolute Gasteiger partial charge is 0.191 e. The number of methoxy groups -OCH3 is 1. The lowest BCUT2D eigenvalue weighted by Crippen LogP contribution is -2.42. The van der Waals surface area contributed by atoms with Crippen molar-refractivity contribution >= 4 is 29.9 Å². The van der Waals surface area contributed by atoms with E-state index in [-0.39, 0.29) is 30.1 Å². The van der Waals surface area contributed by atoms with Crippen molar-refractivity contribution < 1.29 is 14.2 Å². The molecule has 0 aliphatic heterocycles. The van der Waals surface area contributed by atoms with Crippen molar-refractivity contribution in [3.05, 3.63) is 24.3 Å². The third-order valence-electron chi connectivity index (χ3n) is 3.14. The Balaban J connectivity index is 0.00000529. The van der Waals surface area contributed by atoms with Crippen LogP contribution in [-0.2, 0) is 4.74 Å². The average molecular weight is 451 g/mol. The number of para-hydroxylation sites is 2. The van der Waals surface area contributed by atoms with Crippen LogP contribution in [0.4, 0.5) is 0 Å². The molecular formula is C17H30IN3O3. The molecule has 0 bridgehead atoms. The van der Waals surface area contributed by atoms with Crippen molar-refractivity contribution in [2.75, 3.05) is 40.5 Å². The first kappa shape index (κ1) is 22.8. The second kappa shape index (κ2) is 14.2. The van der Waals surface area contributed by atoms with Crippen molar-refractivity contribution in [2.45, 2.75) is 26.4 Å². The van der Waals surface area contributed by atoms with Crippen LogP contribution in [0.2, 0.25) is 0 Å². The van der Waals surface area contributed by atoms with Crippen LogP contribution in [0.25, 0.3) is 0 Å².